The zero-order chi connectivity index (χ0) is 13.8. The van der Waals surface area contributed by atoms with Crippen molar-refractivity contribution in [1.29, 1.82) is 0 Å². The lowest BCUT2D eigenvalue weighted by Gasteiger charge is -2.33. The van der Waals surface area contributed by atoms with Gasteiger partial charge >= 0.3 is 5.97 Å². The van der Waals surface area contributed by atoms with Gasteiger partial charge in [-0.05, 0) is 13.3 Å². The first-order chi connectivity index (χ1) is 8.33. The van der Waals surface area contributed by atoms with Crippen LogP contribution in [0.3, 0.4) is 0 Å². The Kier molecular flexibility index (Phi) is 5.51. The fourth-order valence-electron chi connectivity index (χ4n) is 1.76. The van der Waals surface area contributed by atoms with Crippen LogP contribution in [0.1, 0.15) is 19.8 Å². The molecule has 8 heteroatoms. The molecule has 1 saturated heterocycles. The highest BCUT2D eigenvalue weighted by Crippen LogP contribution is 2.13. The van der Waals surface area contributed by atoms with E-state index in [2.05, 4.69) is 0 Å². The molecule has 1 aliphatic heterocycles. The van der Waals surface area contributed by atoms with Crippen molar-refractivity contribution in [2.24, 2.45) is 5.73 Å². The number of carbonyl (C=O) groups is 1. The van der Waals surface area contributed by atoms with Crippen molar-refractivity contribution in [3.05, 3.63) is 0 Å². The molecular formula is C10H20N2O5S. The van der Waals surface area contributed by atoms with E-state index in [1.807, 2.05) is 0 Å². The second-order valence-corrected chi connectivity index (χ2v) is 6.53. The van der Waals surface area contributed by atoms with Crippen molar-refractivity contribution >= 4 is 16.0 Å². The van der Waals surface area contributed by atoms with E-state index in [0.717, 1.165) is 0 Å². The van der Waals surface area contributed by atoms with E-state index in [0.29, 0.717) is 13.2 Å². The van der Waals surface area contributed by atoms with Crippen molar-refractivity contribution in [3.8, 4) is 0 Å². The molecule has 1 aliphatic rings. The molecule has 106 valence electrons. The Morgan fingerprint density at radius 2 is 2.28 bits per heavy atom. The Balaban J connectivity index is 2.53. The summed E-state index contributed by atoms with van der Waals surface area (Å²) in [4.78, 5) is 10.4. The molecule has 2 unspecified atom stereocenters. The van der Waals surface area contributed by atoms with Gasteiger partial charge in [0.05, 0.1) is 18.5 Å². The second-order valence-electron chi connectivity index (χ2n) is 4.44. The number of morpholine rings is 1. The minimum Gasteiger partial charge on any atom is -0.481 e. The van der Waals surface area contributed by atoms with E-state index in [1.54, 1.807) is 6.92 Å². The molecule has 0 radical (unpaired) electrons. The van der Waals surface area contributed by atoms with Gasteiger partial charge in [-0.2, -0.15) is 4.31 Å². The van der Waals surface area contributed by atoms with Gasteiger partial charge in [-0.25, -0.2) is 8.42 Å². The Morgan fingerprint density at radius 1 is 1.61 bits per heavy atom. The molecule has 1 heterocycles. The van der Waals surface area contributed by atoms with E-state index in [-0.39, 0.29) is 37.3 Å². The lowest BCUT2D eigenvalue weighted by atomic mass is 10.2. The largest absolute Gasteiger partial charge is 0.481 e. The summed E-state index contributed by atoms with van der Waals surface area (Å²) >= 11 is 0. The number of carboxylic acids is 1. The Hall–Kier alpha value is -0.700. The summed E-state index contributed by atoms with van der Waals surface area (Å²) in [6.07, 6.45) is -0.314. The molecule has 0 amide bonds. The summed E-state index contributed by atoms with van der Waals surface area (Å²) in [7, 11) is -3.41. The number of carboxylic acid groups (broad SMARTS) is 1. The number of hydrogen-bond acceptors (Lipinski definition) is 5. The molecule has 0 aromatic rings. The molecule has 2 atom stereocenters. The SMILES string of the molecule is CC(N)C1CN(S(=O)(=O)CCCC(=O)O)CCO1. The van der Waals surface area contributed by atoms with Crippen molar-refractivity contribution in [2.75, 3.05) is 25.4 Å². The van der Waals surface area contributed by atoms with Gasteiger partial charge in [-0.1, -0.05) is 0 Å². The molecule has 7 nitrogen and oxygen atoms in total. The summed E-state index contributed by atoms with van der Waals surface area (Å²) in [6.45, 7) is 2.64. The fraction of sp³-hybridized carbons (Fsp3) is 0.900. The molecule has 0 bridgehead atoms. The average molecular weight is 280 g/mol. The zero-order valence-electron chi connectivity index (χ0n) is 10.4. The van der Waals surface area contributed by atoms with Crippen molar-refractivity contribution in [3.63, 3.8) is 0 Å². The lowest BCUT2D eigenvalue weighted by Crippen LogP contribution is -2.51. The summed E-state index contributed by atoms with van der Waals surface area (Å²) in [6, 6.07) is -0.234. The maximum absolute atomic E-state index is 12.0. The summed E-state index contributed by atoms with van der Waals surface area (Å²) in [5.74, 6) is -1.13. The third-order valence-electron chi connectivity index (χ3n) is 2.83. The van der Waals surface area contributed by atoms with Crippen LogP contribution < -0.4 is 5.73 Å². The van der Waals surface area contributed by atoms with Crippen LogP contribution in [0.2, 0.25) is 0 Å². The zero-order valence-corrected chi connectivity index (χ0v) is 11.2. The van der Waals surface area contributed by atoms with Crippen LogP contribution in [0.4, 0.5) is 0 Å². The molecule has 0 aromatic heterocycles. The summed E-state index contributed by atoms with van der Waals surface area (Å²) in [5.41, 5.74) is 5.69. The smallest absolute Gasteiger partial charge is 0.303 e. The summed E-state index contributed by atoms with van der Waals surface area (Å²) in [5, 5.41) is 8.49. The van der Waals surface area contributed by atoms with E-state index >= 15 is 0 Å². The van der Waals surface area contributed by atoms with Gasteiger partial charge in [0.25, 0.3) is 0 Å². The van der Waals surface area contributed by atoms with Crippen LogP contribution in [-0.2, 0) is 19.6 Å². The predicted octanol–water partition coefficient (Wildman–Crippen LogP) is -0.771. The second kappa shape index (κ2) is 6.46. The van der Waals surface area contributed by atoms with Crippen molar-refractivity contribution in [1.82, 2.24) is 4.31 Å². The fourth-order valence-corrected chi connectivity index (χ4v) is 3.25. The first-order valence-corrected chi connectivity index (χ1v) is 7.50. The van der Waals surface area contributed by atoms with Crippen LogP contribution >= 0.6 is 0 Å². The van der Waals surface area contributed by atoms with E-state index < -0.39 is 16.0 Å². The predicted molar refractivity (Wildman–Crippen MR) is 65.6 cm³/mol. The molecule has 0 spiro atoms. The minimum absolute atomic E-state index is 0.123. The quantitative estimate of drug-likeness (QED) is 0.661. The first kappa shape index (κ1) is 15.4. The molecule has 0 aromatic carbocycles. The number of hydrogen-bond donors (Lipinski definition) is 2. The van der Waals surface area contributed by atoms with Crippen LogP contribution in [0, 0.1) is 0 Å². The highest BCUT2D eigenvalue weighted by molar-refractivity contribution is 7.89. The van der Waals surface area contributed by atoms with Gasteiger partial charge in [0.1, 0.15) is 0 Å². The first-order valence-electron chi connectivity index (χ1n) is 5.89. The van der Waals surface area contributed by atoms with Crippen molar-refractivity contribution < 1.29 is 23.1 Å². The van der Waals surface area contributed by atoms with E-state index in [9.17, 15) is 13.2 Å². The van der Waals surface area contributed by atoms with Gasteiger partial charge in [-0.15, -0.1) is 0 Å². The Labute approximate surface area is 107 Å². The number of aliphatic carboxylic acids is 1. The molecule has 0 saturated carbocycles. The molecule has 1 rings (SSSR count). The highest BCUT2D eigenvalue weighted by Gasteiger charge is 2.30. The van der Waals surface area contributed by atoms with E-state index in [1.165, 1.54) is 4.31 Å². The molecule has 1 fully saturated rings. The number of nitrogens with zero attached hydrogens (tertiary/aromatic N) is 1. The number of rotatable bonds is 6. The van der Waals surface area contributed by atoms with Crippen LogP contribution in [0.15, 0.2) is 0 Å². The standard InChI is InChI=1S/C10H20N2O5S/c1-8(11)9-7-12(4-5-17-9)18(15,16)6-2-3-10(13)14/h8-9H,2-7,11H2,1H3,(H,13,14). The van der Waals surface area contributed by atoms with Gasteiger partial charge in [0.15, 0.2) is 0 Å². The maximum Gasteiger partial charge on any atom is 0.303 e. The van der Waals surface area contributed by atoms with E-state index in [4.69, 9.17) is 15.6 Å². The third kappa shape index (κ3) is 4.52. The number of sulfonamides is 1. The van der Waals surface area contributed by atoms with Gasteiger partial charge in [0, 0.05) is 25.6 Å². The van der Waals surface area contributed by atoms with Crippen LogP contribution in [0.25, 0.3) is 0 Å². The number of ether oxygens (including phenoxy) is 1. The molecular weight excluding hydrogens is 260 g/mol. The minimum atomic E-state index is -3.41. The Morgan fingerprint density at radius 3 is 2.83 bits per heavy atom. The topological polar surface area (TPSA) is 110 Å². The normalized spacial score (nSPS) is 23.8. The van der Waals surface area contributed by atoms with Gasteiger partial charge in [0.2, 0.25) is 10.0 Å². The molecule has 0 aliphatic carbocycles. The lowest BCUT2D eigenvalue weighted by molar-refractivity contribution is -0.137. The molecule has 3 N–H and O–H groups in total. The summed E-state index contributed by atoms with van der Waals surface area (Å²) < 4.78 is 30.7. The van der Waals surface area contributed by atoms with Gasteiger partial charge in [-0.3, -0.25) is 4.79 Å². The molecule has 18 heavy (non-hydrogen) atoms. The number of nitrogens with two attached hydrogens (primary N) is 1. The monoisotopic (exact) mass is 280 g/mol. The van der Waals surface area contributed by atoms with Crippen LogP contribution in [-0.4, -0.2) is 61.4 Å². The van der Waals surface area contributed by atoms with Crippen molar-refractivity contribution in [2.45, 2.75) is 31.9 Å². The highest BCUT2D eigenvalue weighted by atomic mass is 32.2. The van der Waals surface area contributed by atoms with Crippen LogP contribution in [0.5, 0.6) is 0 Å². The third-order valence-corrected chi connectivity index (χ3v) is 4.75. The maximum atomic E-state index is 12.0. The Bertz CT molecular complexity index is 382. The van der Waals surface area contributed by atoms with Gasteiger partial charge < -0.3 is 15.6 Å². The average Bonchev–Trinajstić information content (AvgIpc) is 2.28.